The molecule has 0 saturated heterocycles. The number of nitrogens with zero attached hydrogens (tertiary/aromatic N) is 1. The van der Waals surface area contributed by atoms with E-state index in [-0.39, 0.29) is 5.91 Å². The van der Waals surface area contributed by atoms with Gasteiger partial charge in [-0.1, -0.05) is 42.5 Å². The van der Waals surface area contributed by atoms with E-state index in [1.54, 1.807) is 12.4 Å². The van der Waals surface area contributed by atoms with E-state index >= 15 is 0 Å². The molecule has 1 aromatic heterocycles. The van der Waals surface area contributed by atoms with Crippen LogP contribution < -0.4 is 5.32 Å². The molecule has 3 rings (SSSR count). The van der Waals surface area contributed by atoms with Crippen molar-refractivity contribution in [3.63, 3.8) is 0 Å². The number of aromatic nitrogens is 2. The van der Waals surface area contributed by atoms with Crippen molar-refractivity contribution in [3.05, 3.63) is 66.2 Å². The number of carbonyl (C=O) groups excluding carboxylic acids is 1. The number of imidazole rings is 1. The Bertz CT molecular complexity index is 719. The SMILES string of the molecule is O=C(Cc1ccc2ccccc2c1)NCc1ncc[nH]1. The van der Waals surface area contributed by atoms with Gasteiger partial charge in [-0.3, -0.25) is 4.79 Å². The summed E-state index contributed by atoms with van der Waals surface area (Å²) in [6.07, 6.45) is 3.79. The summed E-state index contributed by atoms with van der Waals surface area (Å²) < 4.78 is 0. The summed E-state index contributed by atoms with van der Waals surface area (Å²) >= 11 is 0. The Kier molecular flexibility index (Phi) is 3.46. The molecule has 0 aliphatic carbocycles. The fourth-order valence-electron chi connectivity index (χ4n) is 2.17. The minimum atomic E-state index is -0.00307. The Morgan fingerprint density at radius 1 is 1.15 bits per heavy atom. The molecule has 2 aromatic carbocycles. The highest BCUT2D eigenvalue weighted by atomic mass is 16.1. The molecule has 20 heavy (non-hydrogen) atoms. The highest BCUT2D eigenvalue weighted by molar-refractivity contribution is 5.85. The van der Waals surface area contributed by atoms with Gasteiger partial charge in [0.05, 0.1) is 13.0 Å². The lowest BCUT2D eigenvalue weighted by molar-refractivity contribution is -0.120. The van der Waals surface area contributed by atoms with Crippen LogP contribution in [0.5, 0.6) is 0 Å². The number of aromatic amines is 1. The van der Waals surface area contributed by atoms with Crippen molar-refractivity contribution in [1.82, 2.24) is 15.3 Å². The zero-order valence-electron chi connectivity index (χ0n) is 11.0. The molecule has 0 bridgehead atoms. The lowest BCUT2D eigenvalue weighted by Crippen LogP contribution is -2.25. The van der Waals surface area contributed by atoms with Crippen molar-refractivity contribution in [2.75, 3.05) is 0 Å². The van der Waals surface area contributed by atoms with Crippen LogP contribution in [0.3, 0.4) is 0 Å². The van der Waals surface area contributed by atoms with E-state index in [1.807, 2.05) is 24.3 Å². The number of nitrogens with one attached hydrogen (secondary N) is 2. The Balaban J connectivity index is 1.65. The van der Waals surface area contributed by atoms with Gasteiger partial charge >= 0.3 is 0 Å². The number of benzene rings is 2. The molecule has 0 aliphatic rings. The summed E-state index contributed by atoms with van der Waals surface area (Å²) in [5, 5.41) is 5.19. The van der Waals surface area contributed by atoms with Gasteiger partial charge in [-0.15, -0.1) is 0 Å². The molecule has 0 radical (unpaired) electrons. The van der Waals surface area contributed by atoms with Crippen LogP contribution >= 0.6 is 0 Å². The Morgan fingerprint density at radius 2 is 2.00 bits per heavy atom. The second-order valence-electron chi connectivity index (χ2n) is 4.67. The van der Waals surface area contributed by atoms with E-state index in [1.165, 1.54) is 5.39 Å². The molecule has 2 N–H and O–H groups in total. The van der Waals surface area contributed by atoms with Crippen LogP contribution in [0.2, 0.25) is 0 Å². The molecule has 0 saturated carbocycles. The molecule has 3 aromatic rings. The van der Waals surface area contributed by atoms with Crippen LogP contribution in [-0.2, 0) is 17.8 Å². The normalized spacial score (nSPS) is 10.6. The highest BCUT2D eigenvalue weighted by Crippen LogP contribution is 2.15. The number of fused-ring (bicyclic) bond motifs is 1. The molecule has 0 spiro atoms. The lowest BCUT2D eigenvalue weighted by Gasteiger charge is -2.05. The zero-order valence-corrected chi connectivity index (χ0v) is 11.0. The number of amides is 1. The van der Waals surface area contributed by atoms with Crippen molar-refractivity contribution in [2.45, 2.75) is 13.0 Å². The summed E-state index contributed by atoms with van der Waals surface area (Å²) in [7, 11) is 0. The minimum absolute atomic E-state index is 0.00307. The Hall–Kier alpha value is -2.62. The van der Waals surface area contributed by atoms with Gasteiger partial charge in [-0.25, -0.2) is 4.98 Å². The van der Waals surface area contributed by atoms with Gasteiger partial charge in [0, 0.05) is 12.4 Å². The third-order valence-electron chi connectivity index (χ3n) is 3.19. The molecule has 0 atom stereocenters. The highest BCUT2D eigenvalue weighted by Gasteiger charge is 2.04. The van der Waals surface area contributed by atoms with Gasteiger partial charge in [-0.05, 0) is 16.3 Å². The first kappa shape index (κ1) is 12.4. The standard InChI is InChI=1S/C16H15N3O/c20-16(19-11-15-17-7-8-18-15)10-12-5-6-13-3-1-2-4-14(13)9-12/h1-9H,10-11H2,(H,17,18)(H,19,20). The van der Waals surface area contributed by atoms with E-state index < -0.39 is 0 Å². The average molecular weight is 265 g/mol. The van der Waals surface area contributed by atoms with Gasteiger partial charge in [0.1, 0.15) is 5.82 Å². The third-order valence-corrected chi connectivity index (χ3v) is 3.19. The van der Waals surface area contributed by atoms with Crippen LogP contribution in [0, 0.1) is 0 Å². The monoisotopic (exact) mass is 265 g/mol. The van der Waals surface area contributed by atoms with Crippen molar-refractivity contribution in [2.24, 2.45) is 0 Å². The lowest BCUT2D eigenvalue weighted by atomic mass is 10.1. The average Bonchev–Trinajstić information content (AvgIpc) is 2.98. The smallest absolute Gasteiger partial charge is 0.224 e. The van der Waals surface area contributed by atoms with Crippen molar-refractivity contribution in [1.29, 1.82) is 0 Å². The molecule has 100 valence electrons. The number of hydrogen-bond acceptors (Lipinski definition) is 2. The van der Waals surface area contributed by atoms with Crippen LogP contribution in [0.15, 0.2) is 54.9 Å². The van der Waals surface area contributed by atoms with E-state index in [0.717, 1.165) is 16.8 Å². The predicted molar refractivity (Wildman–Crippen MR) is 78.1 cm³/mol. The molecular formula is C16H15N3O. The van der Waals surface area contributed by atoms with E-state index in [4.69, 9.17) is 0 Å². The van der Waals surface area contributed by atoms with Crippen molar-refractivity contribution < 1.29 is 4.79 Å². The molecular weight excluding hydrogens is 250 g/mol. The molecule has 4 nitrogen and oxygen atoms in total. The van der Waals surface area contributed by atoms with Gasteiger partial charge in [0.25, 0.3) is 0 Å². The minimum Gasteiger partial charge on any atom is -0.349 e. The largest absolute Gasteiger partial charge is 0.349 e. The topological polar surface area (TPSA) is 57.8 Å². The quantitative estimate of drug-likeness (QED) is 0.761. The van der Waals surface area contributed by atoms with E-state index in [9.17, 15) is 4.79 Å². The van der Waals surface area contributed by atoms with E-state index in [0.29, 0.717) is 13.0 Å². The fourth-order valence-corrected chi connectivity index (χ4v) is 2.17. The van der Waals surface area contributed by atoms with Gasteiger partial charge < -0.3 is 10.3 Å². The van der Waals surface area contributed by atoms with Gasteiger partial charge in [0.2, 0.25) is 5.91 Å². The Labute approximate surface area is 116 Å². The van der Waals surface area contributed by atoms with E-state index in [2.05, 4.69) is 33.5 Å². The summed E-state index contributed by atoms with van der Waals surface area (Å²) in [4.78, 5) is 18.9. The fraction of sp³-hybridized carbons (Fsp3) is 0.125. The van der Waals surface area contributed by atoms with Crippen LogP contribution in [0.25, 0.3) is 10.8 Å². The van der Waals surface area contributed by atoms with Gasteiger partial charge in [-0.2, -0.15) is 0 Å². The first-order valence-corrected chi connectivity index (χ1v) is 6.54. The van der Waals surface area contributed by atoms with Gasteiger partial charge in [0.15, 0.2) is 0 Å². The number of hydrogen-bond donors (Lipinski definition) is 2. The first-order chi connectivity index (χ1) is 9.81. The number of rotatable bonds is 4. The maximum Gasteiger partial charge on any atom is 0.224 e. The maximum atomic E-state index is 11.9. The first-order valence-electron chi connectivity index (χ1n) is 6.54. The molecule has 0 fully saturated rings. The van der Waals surface area contributed by atoms with Crippen LogP contribution in [0.4, 0.5) is 0 Å². The second-order valence-corrected chi connectivity index (χ2v) is 4.67. The second kappa shape index (κ2) is 5.57. The summed E-state index contributed by atoms with van der Waals surface area (Å²) in [6, 6.07) is 14.2. The molecule has 4 heteroatoms. The molecule has 0 unspecified atom stereocenters. The summed E-state index contributed by atoms with van der Waals surface area (Å²) in [5.74, 6) is 0.758. The molecule has 1 heterocycles. The Morgan fingerprint density at radius 3 is 2.80 bits per heavy atom. The van der Waals surface area contributed by atoms with Crippen LogP contribution in [-0.4, -0.2) is 15.9 Å². The van der Waals surface area contributed by atoms with Crippen molar-refractivity contribution >= 4 is 16.7 Å². The van der Waals surface area contributed by atoms with Crippen molar-refractivity contribution in [3.8, 4) is 0 Å². The maximum absolute atomic E-state index is 11.9. The molecule has 1 amide bonds. The molecule has 0 aliphatic heterocycles. The number of H-pyrrole nitrogens is 1. The van der Waals surface area contributed by atoms with Crippen LogP contribution in [0.1, 0.15) is 11.4 Å². The summed E-state index contributed by atoms with van der Waals surface area (Å²) in [5.41, 5.74) is 1.01. The predicted octanol–water partition coefficient (Wildman–Crippen LogP) is 2.42. The third kappa shape index (κ3) is 2.85. The zero-order chi connectivity index (χ0) is 13.8. The summed E-state index contributed by atoms with van der Waals surface area (Å²) in [6.45, 7) is 0.430. The number of carbonyl (C=O) groups is 1.